The molecular formula is C72H72N8O4Si2. The number of fused-ring (bicyclic) bond motifs is 2. The van der Waals surface area contributed by atoms with Crippen LogP contribution in [0.15, 0.2) is 260 Å². The number of nitrogens with zero attached hydrogens (tertiary/aromatic N) is 8. The quantitative estimate of drug-likeness (QED) is 0.0293. The SMILES string of the molecule is C=C.CCCC[Si](C)(C)c1ccc(C(=O)Oc2ccc3ccccc3c2N=Nc2ccc(N=Nc3ccccc3C)cc2C)cc1.Cc1ccccc1N=Nc1ccc(N=Nc2c(OC(=O)c3ccc([SiH](C)C)cc3)ccc3ccccc23)c(C)c1. The van der Waals surface area contributed by atoms with E-state index in [0.717, 1.165) is 66.5 Å². The summed E-state index contributed by atoms with van der Waals surface area (Å²) in [6.07, 6.45) is 2.42. The average molecular weight is 1170 g/mol. The highest BCUT2D eigenvalue weighted by Crippen LogP contribution is 2.40. The predicted molar refractivity (Wildman–Crippen MR) is 359 cm³/mol. The molecule has 0 amide bonds. The van der Waals surface area contributed by atoms with E-state index < -0.39 is 28.8 Å². The van der Waals surface area contributed by atoms with Gasteiger partial charge in [-0.05, 0) is 146 Å². The molecule has 0 aliphatic carbocycles. The Morgan fingerprint density at radius 3 is 1.26 bits per heavy atom. The van der Waals surface area contributed by atoms with Crippen molar-refractivity contribution < 1.29 is 19.1 Å². The molecule has 0 aromatic heterocycles. The first-order valence-corrected chi connectivity index (χ1v) is 34.9. The molecular weight excluding hydrogens is 1100 g/mol. The van der Waals surface area contributed by atoms with Crippen molar-refractivity contribution in [2.45, 2.75) is 79.7 Å². The summed E-state index contributed by atoms with van der Waals surface area (Å²) in [6, 6.07) is 67.0. The molecule has 432 valence electrons. The molecule has 10 aromatic carbocycles. The molecule has 10 aromatic rings. The van der Waals surface area contributed by atoms with Crippen LogP contribution in [-0.2, 0) is 0 Å². The van der Waals surface area contributed by atoms with Crippen LogP contribution in [0.1, 0.15) is 62.7 Å². The molecule has 0 spiro atoms. The smallest absolute Gasteiger partial charge is 0.343 e. The van der Waals surface area contributed by atoms with Crippen LogP contribution >= 0.6 is 0 Å². The van der Waals surface area contributed by atoms with Gasteiger partial charge in [0.15, 0.2) is 11.5 Å². The lowest BCUT2D eigenvalue weighted by atomic mass is 10.1. The minimum absolute atomic E-state index is 0.357. The molecule has 0 bridgehead atoms. The third kappa shape index (κ3) is 16.1. The summed E-state index contributed by atoms with van der Waals surface area (Å²) in [4.78, 5) is 26.3. The lowest BCUT2D eigenvalue weighted by molar-refractivity contribution is 0.0726. The van der Waals surface area contributed by atoms with Gasteiger partial charge in [-0.2, -0.15) is 30.7 Å². The minimum Gasteiger partial charge on any atom is -0.421 e. The Labute approximate surface area is 507 Å². The minimum atomic E-state index is -1.54. The fraction of sp³-hybridized carbons (Fsp3) is 0.167. The predicted octanol–water partition coefficient (Wildman–Crippen LogP) is 21.2. The zero-order chi connectivity index (χ0) is 61.2. The number of hydrogen-bond acceptors (Lipinski definition) is 12. The summed E-state index contributed by atoms with van der Waals surface area (Å²) >= 11 is 0. The zero-order valence-corrected chi connectivity index (χ0v) is 52.6. The number of aryl methyl sites for hydroxylation is 4. The number of carbonyl (C=O) groups is 2. The molecule has 0 N–H and O–H groups in total. The maximum Gasteiger partial charge on any atom is 0.343 e. The molecule has 0 saturated carbocycles. The van der Waals surface area contributed by atoms with Gasteiger partial charge in [0.05, 0.1) is 62.1 Å². The Balaban J connectivity index is 0.000000218. The van der Waals surface area contributed by atoms with Gasteiger partial charge in [-0.3, -0.25) is 0 Å². The maximum absolute atomic E-state index is 13.3. The second-order valence-electron chi connectivity index (χ2n) is 21.7. The Hall–Kier alpha value is -9.77. The van der Waals surface area contributed by atoms with E-state index in [1.807, 2.05) is 210 Å². The highest BCUT2D eigenvalue weighted by atomic mass is 28.3. The molecule has 0 fully saturated rings. The van der Waals surface area contributed by atoms with Gasteiger partial charge in [-0.25, -0.2) is 9.59 Å². The lowest BCUT2D eigenvalue weighted by Gasteiger charge is -2.22. The second kappa shape index (κ2) is 29.7. The fourth-order valence-corrected chi connectivity index (χ4v) is 13.0. The second-order valence-corrected chi connectivity index (χ2v) is 29.5. The van der Waals surface area contributed by atoms with E-state index in [4.69, 9.17) is 9.47 Å². The third-order valence-corrected chi connectivity index (χ3v) is 19.9. The van der Waals surface area contributed by atoms with Gasteiger partial charge in [0.1, 0.15) is 11.4 Å². The van der Waals surface area contributed by atoms with E-state index in [0.29, 0.717) is 45.4 Å². The summed E-state index contributed by atoms with van der Waals surface area (Å²) in [6.45, 7) is 25.4. The molecule has 10 rings (SSSR count). The van der Waals surface area contributed by atoms with Crippen LogP contribution in [0.25, 0.3) is 21.5 Å². The van der Waals surface area contributed by atoms with E-state index in [-0.39, 0.29) is 0 Å². The number of esters is 2. The number of ether oxygens (including phenoxy) is 2. The molecule has 12 nitrogen and oxygen atoms in total. The number of rotatable bonds is 17. The van der Waals surface area contributed by atoms with Crippen LogP contribution in [0.3, 0.4) is 0 Å². The number of azo groups is 4. The van der Waals surface area contributed by atoms with Crippen molar-refractivity contribution in [1.29, 1.82) is 0 Å². The average Bonchev–Trinajstić information content (AvgIpc) is 3.63. The van der Waals surface area contributed by atoms with Crippen molar-refractivity contribution in [3.63, 3.8) is 0 Å². The van der Waals surface area contributed by atoms with Crippen LogP contribution in [-0.4, -0.2) is 28.8 Å². The van der Waals surface area contributed by atoms with Crippen LogP contribution in [0.5, 0.6) is 11.5 Å². The Bertz CT molecular complexity index is 4140. The van der Waals surface area contributed by atoms with Gasteiger partial charge in [0.25, 0.3) is 0 Å². The fourth-order valence-electron chi connectivity index (χ4n) is 9.39. The summed E-state index contributed by atoms with van der Waals surface area (Å²) in [7, 11) is -2.48. The van der Waals surface area contributed by atoms with Crippen molar-refractivity contribution in [3.8, 4) is 11.5 Å². The first-order valence-electron chi connectivity index (χ1n) is 28.8. The van der Waals surface area contributed by atoms with Crippen molar-refractivity contribution in [2.75, 3.05) is 0 Å². The molecule has 14 heteroatoms. The first kappa shape index (κ1) is 62.3. The van der Waals surface area contributed by atoms with Crippen LogP contribution in [0, 0.1) is 27.7 Å². The van der Waals surface area contributed by atoms with Crippen molar-refractivity contribution >= 4 is 106 Å². The van der Waals surface area contributed by atoms with Gasteiger partial charge < -0.3 is 9.47 Å². The van der Waals surface area contributed by atoms with Gasteiger partial charge in [-0.1, -0.05) is 184 Å². The highest BCUT2D eigenvalue weighted by Gasteiger charge is 2.24. The number of carbonyl (C=O) groups excluding carboxylic acids is 2. The number of hydrogen-bond donors (Lipinski definition) is 0. The van der Waals surface area contributed by atoms with Gasteiger partial charge in [0.2, 0.25) is 0 Å². The summed E-state index contributed by atoms with van der Waals surface area (Å²) in [5, 5.41) is 42.2. The number of benzene rings is 10. The molecule has 0 atom stereocenters. The molecule has 0 heterocycles. The standard InChI is InChI=1S/C37H38N4O2Si.C33H30N4O2Si.C2H4/c1-6-7-24-44(4,5)31-20-16-29(17-21-31)37(42)43-35-23-18-28-13-9-10-14-32(28)36(35)41-40-34-22-19-30(25-27(34)3)38-39-33-15-11-8-12-26(33)2;1-22-9-5-8-12-29(22)35-34-26-16-19-30(23(2)21-26)36-37-32-28-11-7-6-10-24(28)15-20-31(32)39-33(38)25-13-17-27(18-14-25)40(3)4;1-2/h8-23,25H,6-7,24H2,1-5H3;5-21,40H,1-4H3;1-2H2. The lowest BCUT2D eigenvalue weighted by Crippen LogP contribution is -2.41. The molecule has 0 aliphatic heterocycles. The van der Waals surface area contributed by atoms with E-state index in [2.05, 4.69) is 99.3 Å². The summed E-state index contributed by atoms with van der Waals surface area (Å²) < 4.78 is 11.8. The van der Waals surface area contributed by atoms with E-state index in [9.17, 15) is 9.59 Å². The maximum atomic E-state index is 13.3. The van der Waals surface area contributed by atoms with Crippen LogP contribution in [0.4, 0.5) is 45.5 Å². The van der Waals surface area contributed by atoms with E-state index in [1.165, 1.54) is 29.3 Å². The van der Waals surface area contributed by atoms with Crippen molar-refractivity contribution in [2.24, 2.45) is 40.9 Å². The molecule has 0 unspecified atom stereocenters. The Morgan fingerprint density at radius 2 is 0.837 bits per heavy atom. The van der Waals surface area contributed by atoms with Crippen LogP contribution in [0.2, 0.25) is 32.2 Å². The normalized spacial score (nSPS) is 11.6. The van der Waals surface area contributed by atoms with Gasteiger partial charge in [-0.15, -0.1) is 23.4 Å². The van der Waals surface area contributed by atoms with E-state index in [1.54, 1.807) is 12.1 Å². The molecule has 86 heavy (non-hydrogen) atoms. The monoisotopic (exact) mass is 1170 g/mol. The highest BCUT2D eigenvalue weighted by molar-refractivity contribution is 6.89. The van der Waals surface area contributed by atoms with E-state index >= 15 is 0 Å². The third-order valence-electron chi connectivity index (χ3n) is 14.7. The molecule has 0 aliphatic rings. The van der Waals surface area contributed by atoms with Gasteiger partial charge >= 0.3 is 11.9 Å². The Morgan fingerprint density at radius 1 is 0.442 bits per heavy atom. The zero-order valence-electron chi connectivity index (χ0n) is 50.5. The molecule has 0 saturated heterocycles. The number of unbranched alkanes of at least 4 members (excludes halogenated alkanes) is 1. The van der Waals surface area contributed by atoms with Gasteiger partial charge in [0, 0.05) is 10.8 Å². The topological polar surface area (TPSA) is 151 Å². The Kier molecular flexibility index (Phi) is 21.5. The molecule has 0 radical (unpaired) electrons. The van der Waals surface area contributed by atoms with Crippen molar-refractivity contribution in [1.82, 2.24) is 0 Å². The summed E-state index contributed by atoms with van der Waals surface area (Å²) in [5.74, 6) is -0.129. The van der Waals surface area contributed by atoms with Crippen molar-refractivity contribution in [3.05, 3.63) is 253 Å². The van der Waals surface area contributed by atoms with Crippen LogP contribution < -0.4 is 19.8 Å². The first-order chi connectivity index (χ1) is 41.6. The summed E-state index contributed by atoms with van der Waals surface area (Å²) in [5.41, 5.74) is 10.4. The largest absolute Gasteiger partial charge is 0.421 e.